The lowest BCUT2D eigenvalue weighted by Crippen LogP contribution is -2.14. The molecule has 8 nitrogen and oxygen atoms in total. The number of carbonyl (C=O) groups excluding carboxylic acids is 1. The van der Waals surface area contributed by atoms with Crippen LogP contribution in [0.25, 0.3) is 6.08 Å². The zero-order valence-electron chi connectivity index (χ0n) is 13.2. The van der Waals surface area contributed by atoms with Crippen LogP contribution >= 0.6 is 0 Å². The molecule has 0 fully saturated rings. The molecule has 0 amide bonds. The summed E-state index contributed by atoms with van der Waals surface area (Å²) in [6.45, 7) is 7.40. The second-order valence-corrected chi connectivity index (χ2v) is 3.82. The topological polar surface area (TPSA) is 108 Å². The number of benzene rings is 1. The standard InChI is InChI=1S/C13H15NO7.C2H6/c1-2-10-9-11(3-4-12(10)15)21-13(16)5-6-19-7-8-20-14(17)18;1-2/h2-4,9,15H,1,5-8H2;1-2H3. The minimum atomic E-state index is -0.917. The van der Waals surface area contributed by atoms with Gasteiger partial charge in [-0.1, -0.05) is 26.5 Å². The summed E-state index contributed by atoms with van der Waals surface area (Å²) in [6.07, 6.45) is 1.42. The summed E-state index contributed by atoms with van der Waals surface area (Å²) >= 11 is 0. The number of phenolic OH excluding ortho intramolecular Hbond substituents is 1. The Balaban J connectivity index is 0.00000232. The number of esters is 1. The van der Waals surface area contributed by atoms with Crippen molar-refractivity contribution in [1.82, 2.24) is 0 Å². The highest BCUT2D eigenvalue weighted by atomic mass is 17.0. The van der Waals surface area contributed by atoms with Crippen LogP contribution in [0.15, 0.2) is 24.8 Å². The molecule has 0 bridgehead atoms. The second kappa shape index (κ2) is 12.0. The van der Waals surface area contributed by atoms with Gasteiger partial charge < -0.3 is 19.4 Å². The average Bonchev–Trinajstić information content (AvgIpc) is 2.54. The Bertz CT molecular complexity index is 517. The lowest BCUT2D eigenvalue weighted by molar-refractivity contribution is -0.758. The third-order valence-electron chi connectivity index (χ3n) is 2.33. The van der Waals surface area contributed by atoms with Gasteiger partial charge in [0.25, 0.3) is 5.09 Å². The van der Waals surface area contributed by atoms with Gasteiger partial charge in [0.05, 0.1) is 19.6 Å². The SMILES string of the molecule is C=Cc1cc(OC(=O)CCOCCO[N+](=O)[O-])ccc1O.CC. The number of hydrogen-bond acceptors (Lipinski definition) is 7. The first-order valence-electron chi connectivity index (χ1n) is 7.04. The zero-order chi connectivity index (χ0) is 17.7. The van der Waals surface area contributed by atoms with E-state index >= 15 is 0 Å². The third kappa shape index (κ3) is 9.10. The van der Waals surface area contributed by atoms with Gasteiger partial charge in [-0.25, -0.2) is 0 Å². The zero-order valence-corrected chi connectivity index (χ0v) is 13.2. The van der Waals surface area contributed by atoms with Gasteiger partial charge in [-0.3, -0.25) is 4.79 Å². The van der Waals surface area contributed by atoms with E-state index in [0.717, 1.165) is 0 Å². The van der Waals surface area contributed by atoms with Gasteiger partial charge >= 0.3 is 5.97 Å². The second-order valence-electron chi connectivity index (χ2n) is 3.82. The molecule has 8 heteroatoms. The maximum Gasteiger partial charge on any atom is 0.313 e. The molecule has 1 aromatic carbocycles. The monoisotopic (exact) mass is 327 g/mol. The molecule has 0 atom stereocenters. The number of rotatable bonds is 9. The van der Waals surface area contributed by atoms with E-state index < -0.39 is 11.1 Å². The summed E-state index contributed by atoms with van der Waals surface area (Å²) < 4.78 is 10.0. The van der Waals surface area contributed by atoms with E-state index in [4.69, 9.17) is 9.47 Å². The molecule has 23 heavy (non-hydrogen) atoms. The van der Waals surface area contributed by atoms with Crippen LogP contribution in [0.2, 0.25) is 0 Å². The fourth-order valence-electron chi connectivity index (χ4n) is 1.37. The molecule has 0 heterocycles. The molecular weight excluding hydrogens is 306 g/mol. The smallest absolute Gasteiger partial charge is 0.313 e. The Kier molecular flexibility index (Phi) is 10.6. The number of phenols is 1. The Morgan fingerprint density at radius 1 is 1.35 bits per heavy atom. The summed E-state index contributed by atoms with van der Waals surface area (Å²) in [5.41, 5.74) is 0.452. The summed E-state index contributed by atoms with van der Waals surface area (Å²) in [4.78, 5) is 25.4. The van der Waals surface area contributed by atoms with Gasteiger partial charge in [-0.15, -0.1) is 10.1 Å². The molecule has 1 N–H and O–H groups in total. The molecule has 0 aliphatic carbocycles. The van der Waals surface area contributed by atoms with Crippen molar-refractivity contribution in [2.75, 3.05) is 19.8 Å². The van der Waals surface area contributed by atoms with Crippen molar-refractivity contribution >= 4 is 12.0 Å². The van der Waals surface area contributed by atoms with Gasteiger partial charge in [-0.2, -0.15) is 0 Å². The molecule has 128 valence electrons. The number of ether oxygens (including phenoxy) is 2. The number of carbonyl (C=O) groups is 1. The van der Waals surface area contributed by atoms with Crippen LogP contribution in [0.4, 0.5) is 0 Å². The predicted octanol–water partition coefficient (Wildman–Crippen LogP) is 2.58. The van der Waals surface area contributed by atoms with Crippen LogP contribution in [0.1, 0.15) is 25.8 Å². The normalized spacial score (nSPS) is 9.30. The third-order valence-corrected chi connectivity index (χ3v) is 2.33. The minimum absolute atomic E-state index is 0.00802. The van der Waals surface area contributed by atoms with E-state index in [9.17, 15) is 20.0 Å². The van der Waals surface area contributed by atoms with Crippen molar-refractivity contribution in [3.63, 3.8) is 0 Å². The highest BCUT2D eigenvalue weighted by Gasteiger charge is 2.07. The summed E-state index contributed by atoms with van der Waals surface area (Å²) in [6, 6.07) is 4.32. The number of hydrogen-bond donors (Lipinski definition) is 1. The average molecular weight is 327 g/mol. The van der Waals surface area contributed by atoms with E-state index in [-0.39, 0.29) is 37.7 Å². The largest absolute Gasteiger partial charge is 0.507 e. The van der Waals surface area contributed by atoms with Crippen molar-refractivity contribution in [2.24, 2.45) is 0 Å². The Hall–Kier alpha value is -2.61. The van der Waals surface area contributed by atoms with Gasteiger partial charge in [0, 0.05) is 5.56 Å². The molecular formula is C15H21NO7. The summed E-state index contributed by atoms with van der Waals surface area (Å²) in [5, 5.41) is 18.4. The molecule has 0 saturated heterocycles. The van der Waals surface area contributed by atoms with Crippen molar-refractivity contribution in [2.45, 2.75) is 20.3 Å². The van der Waals surface area contributed by atoms with E-state index in [0.29, 0.717) is 5.56 Å². The van der Waals surface area contributed by atoms with Crippen molar-refractivity contribution < 1.29 is 29.3 Å². The fourth-order valence-corrected chi connectivity index (χ4v) is 1.37. The fraction of sp³-hybridized carbons (Fsp3) is 0.400. The number of nitrogens with zero attached hydrogens (tertiary/aromatic N) is 1. The molecule has 0 saturated carbocycles. The van der Waals surface area contributed by atoms with E-state index in [1.54, 1.807) is 0 Å². The van der Waals surface area contributed by atoms with E-state index in [1.807, 2.05) is 13.8 Å². The van der Waals surface area contributed by atoms with Crippen LogP contribution in [0, 0.1) is 10.1 Å². The molecule has 0 aromatic heterocycles. The van der Waals surface area contributed by atoms with Gasteiger partial charge in [0.2, 0.25) is 0 Å². The maximum atomic E-state index is 11.5. The molecule has 0 aliphatic rings. The molecule has 1 aromatic rings. The Labute approximate surface area is 134 Å². The van der Waals surface area contributed by atoms with Crippen LogP contribution < -0.4 is 4.74 Å². The van der Waals surface area contributed by atoms with Crippen LogP contribution in [0.3, 0.4) is 0 Å². The highest BCUT2D eigenvalue weighted by molar-refractivity contribution is 5.73. The molecule has 1 rings (SSSR count). The number of aromatic hydroxyl groups is 1. The minimum Gasteiger partial charge on any atom is -0.507 e. The molecule has 0 spiro atoms. The van der Waals surface area contributed by atoms with Crippen LogP contribution in [0.5, 0.6) is 11.5 Å². The molecule has 0 unspecified atom stereocenters. The lowest BCUT2D eigenvalue weighted by Gasteiger charge is -2.07. The first-order valence-corrected chi connectivity index (χ1v) is 7.04. The predicted molar refractivity (Wildman–Crippen MR) is 83.6 cm³/mol. The van der Waals surface area contributed by atoms with Gasteiger partial charge in [0.15, 0.2) is 0 Å². The lowest BCUT2D eigenvalue weighted by atomic mass is 10.2. The van der Waals surface area contributed by atoms with E-state index in [2.05, 4.69) is 11.4 Å². The van der Waals surface area contributed by atoms with E-state index in [1.165, 1.54) is 24.3 Å². The first-order chi connectivity index (χ1) is 11.0. The Morgan fingerprint density at radius 3 is 2.65 bits per heavy atom. The van der Waals surface area contributed by atoms with Gasteiger partial charge in [0.1, 0.15) is 18.1 Å². The molecule has 0 aliphatic heterocycles. The summed E-state index contributed by atoms with van der Waals surface area (Å²) in [7, 11) is 0. The molecule has 0 radical (unpaired) electrons. The Morgan fingerprint density at radius 2 is 2.04 bits per heavy atom. The van der Waals surface area contributed by atoms with Crippen molar-refractivity contribution in [3.8, 4) is 11.5 Å². The van der Waals surface area contributed by atoms with Crippen molar-refractivity contribution in [3.05, 3.63) is 40.5 Å². The highest BCUT2D eigenvalue weighted by Crippen LogP contribution is 2.23. The van der Waals surface area contributed by atoms with Gasteiger partial charge in [-0.05, 0) is 18.2 Å². The summed E-state index contributed by atoms with van der Waals surface area (Å²) in [5.74, 6) is -0.200. The quantitative estimate of drug-likeness (QED) is 0.244. The maximum absolute atomic E-state index is 11.5. The first kappa shape index (κ1) is 20.4. The van der Waals surface area contributed by atoms with Crippen molar-refractivity contribution in [1.29, 1.82) is 0 Å². The van der Waals surface area contributed by atoms with Crippen LogP contribution in [-0.2, 0) is 14.4 Å². The van der Waals surface area contributed by atoms with Crippen LogP contribution in [-0.4, -0.2) is 36.0 Å².